The molecule has 94 valence electrons. The highest BCUT2D eigenvalue weighted by Crippen LogP contribution is 2.28. The second kappa shape index (κ2) is 5.44. The summed E-state index contributed by atoms with van der Waals surface area (Å²) in [5, 5.41) is 3.57. The van der Waals surface area contributed by atoms with Crippen molar-refractivity contribution in [3.63, 3.8) is 0 Å². The molecule has 1 atom stereocenters. The van der Waals surface area contributed by atoms with Crippen molar-refractivity contribution in [3.05, 3.63) is 23.8 Å². The molecule has 0 aromatic heterocycles. The molecule has 0 fully saturated rings. The highest BCUT2D eigenvalue weighted by atomic mass is 16.5. The molecular weight excluding hydrogens is 210 g/mol. The van der Waals surface area contributed by atoms with E-state index in [0.29, 0.717) is 6.04 Å². The maximum Gasteiger partial charge on any atom is 0.122 e. The summed E-state index contributed by atoms with van der Waals surface area (Å²) >= 11 is 0. The minimum Gasteiger partial charge on any atom is -0.493 e. The summed E-state index contributed by atoms with van der Waals surface area (Å²) in [4.78, 5) is 0. The Bertz CT molecular complexity index is 373. The quantitative estimate of drug-likeness (QED) is 0.834. The lowest BCUT2D eigenvalue weighted by Gasteiger charge is -2.16. The molecule has 0 aliphatic carbocycles. The molecule has 1 unspecified atom stereocenters. The van der Waals surface area contributed by atoms with Gasteiger partial charge in [-0.05, 0) is 49.4 Å². The maximum absolute atomic E-state index is 5.51. The van der Waals surface area contributed by atoms with E-state index in [1.807, 2.05) is 0 Å². The van der Waals surface area contributed by atoms with Crippen molar-refractivity contribution >= 4 is 5.69 Å². The van der Waals surface area contributed by atoms with Crippen molar-refractivity contribution in [1.82, 2.24) is 0 Å². The number of anilines is 1. The van der Waals surface area contributed by atoms with Crippen LogP contribution in [0.25, 0.3) is 0 Å². The predicted octanol–water partition coefficient (Wildman–Crippen LogP) is 3.86. The Morgan fingerprint density at radius 2 is 2.06 bits per heavy atom. The zero-order chi connectivity index (χ0) is 12.3. The molecule has 17 heavy (non-hydrogen) atoms. The standard InChI is InChI=1S/C15H23NO/c1-11(2)4-5-12(3)16-14-6-7-15-13(10-14)8-9-17-15/h6-7,10-12,16H,4-5,8-9H2,1-3H3. The number of hydrogen-bond acceptors (Lipinski definition) is 2. The van der Waals surface area contributed by atoms with Crippen LogP contribution >= 0.6 is 0 Å². The Morgan fingerprint density at radius 1 is 1.24 bits per heavy atom. The van der Waals surface area contributed by atoms with Crippen molar-refractivity contribution in [1.29, 1.82) is 0 Å². The second-order valence-electron chi connectivity index (χ2n) is 5.44. The summed E-state index contributed by atoms with van der Waals surface area (Å²) < 4.78 is 5.51. The van der Waals surface area contributed by atoms with Gasteiger partial charge < -0.3 is 10.1 Å². The lowest BCUT2D eigenvalue weighted by molar-refractivity contribution is 0.357. The first-order valence-electron chi connectivity index (χ1n) is 6.67. The summed E-state index contributed by atoms with van der Waals surface area (Å²) in [7, 11) is 0. The predicted molar refractivity (Wildman–Crippen MR) is 72.8 cm³/mol. The van der Waals surface area contributed by atoms with Gasteiger partial charge >= 0.3 is 0 Å². The van der Waals surface area contributed by atoms with Gasteiger partial charge in [0.15, 0.2) is 0 Å². The number of benzene rings is 1. The van der Waals surface area contributed by atoms with Crippen LogP contribution in [0.15, 0.2) is 18.2 Å². The van der Waals surface area contributed by atoms with E-state index in [9.17, 15) is 0 Å². The lowest BCUT2D eigenvalue weighted by atomic mass is 10.0. The highest BCUT2D eigenvalue weighted by molar-refractivity contribution is 5.52. The number of rotatable bonds is 5. The number of hydrogen-bond donors (Lipinski definition) is 1. The van der Waals surface area contributed by atoms with Gasteiger partial charge in [0.25, 0.3) is 0 Å². The first-order valence-corrected chi connectivity index (χ1v) is 6.67. The SMILES string of the molecule is CC(C)CCC(C)Nc1ccc2c(c1)CCO2. The van der Waals surface area contributed by atoms with Crippen LogP contribution < -0.4 is 10.1 Å². The minimum atomic E-state index is 0.540. The van der Waals surface area contributed by atoms with Crippen LogP contribution in [0.5, 0.6) is 5.75 Å². The van der Waals surface area contributed by atoms with E-state index in [2.05, 4.69) is 44.3 Å². The highest BCUT2D eigenvalue weighted by Gasteiger charge is 2.12. The third-order valence-electron chi connectivity index (χ3n) is 3.28. The average Bonchev–Trinajstić information content (AvgIpc) is 2.73. The van der Waals surface area contributed by atoms with Gasteiger partial charge in [-0.1, -0.05) is 13.8 Å². The van der Waals surface area contributed by atoms with Gasteiger partial charge in [-0.15, -0.1) is 0 Å². The summed E-state index contributed by atoms with van der Waals surface area (Å²) in [5.74, 6) is 1.85. The molecule has 0 amide bonds. The van der Waals surface area contributed by atoms with Crippen molar-refractivity contribution in [3.8, 4) is 5.75 Å². The van der Waals surface area contributed by atoms with E-state index >= 15 is 0 Å². The van der Waals surface area contributed by atoms with Crippen molar-refractivity contribution < 1.29 is 4.74 Å². The molecular formula is C15H23NO. The monoisotopic (exact) mass is 233 g/mol. The molecule has 1 aliphatic rings. The van der Waals surface area contributed by atoms with E-state index in [-0.39, 0.29) is 0 Å². The summed E-state index contributed by atoms with van der Waals surface area (Å²) in [6.45, 7) is 7.65. The Kier molecular flexibility index (Phi) is 3.93. The zero-order valence-electron chi connectivity index (χ0n) is 11.1. The van der Waals surface area contributed by atoms with Crippen molar-refractivity contribution in [2.24, 2.45) is 5.92 Å². The molecule has 1 heterocycles. The molecule has 0 radical (unpaired) electrons. The van der Waals surface area contributed by atoms with Gasteiger partial charge in [-0.2, -0.15) is 0 Å². The first-order chi connectivity index (χ1) is 8.15. The smallest absolute Gasteiger partial charge is 0.122 e. The van der Waals surface area contributed by atoms with Crippen LogP contribution in [-0.2, 0) is 6.42 Å². The second-order valence-corrected chi connectivity index (χ2v) is 5.44. The molecule has 0 saturated heterocycles. The molecule has 0 saturated carbocycles. The van der Waals surface area contributed by atoms with Gasteiger partial charge in [-0.3, -0.25) is 0 Å². The molecule has 2 rings (SSSR count). The normalized spacial score (nSPS) is 15.5. The Balaban J connectivity index is 1.90. The molecule has 0 bridgehead atoms. The van der Waals surface area contributed by atoms with E-state index < -0.39 is 0 Å². The third-order valence-corrected chi connectivity index (χ3v) is 3.28. The fourth-order valence-corrected chi connectivity index (χ4v) is 2.22. The van der Waals surface area contributed by atoms with E-state index in [0.717, 1.165) is 24.7 Å². The van der Waals surface area contributed by atoms with Crippen molar-refractivity contribution in [2.75, 3.05) is 11.9 Å². The minimum absolute atomic E-state index is 0.540. The Labute approximate surface area is 104 Å². The maximum atomic E-state index is 5.51. The van der Waals surface area contributed by atoms with E-state index in [4.69, 9.17) is 4.74 Å². The van der Waals surface area contributed by atoms with Gasteiger partial charge in [0, 0.05) is 18.2 Å². The molecule has 1 aromatic carbocycles. The topological polar surface area (TPSA) is 21.3 Å². The molecule has 0 spiro atoms. The molecule has 1 N–H and O–H groups in total. The fourth-order valence-electron chi connectivity index (χ4n) is 2.22. The van der Waals surface area contributed by atoms with E-state index in [1.54, 1.807) is 0 Å². The fraction of sp³-hybridized carbons (Fsp3) is 0.600. The summed E-state index contributed by atoms with van der Waals surface area (Å²) in [6, 6.07) is 6.97. The van der Waals surface area contributed by atoms with Gasteiger partial charge in [0.2, 0.25) is 0 Å². The Hall–Kier alpha value is -1.18. The van der Waals surface area contributed by atoms with Crippen LogP contribution in [0.1, 0.15) is 39.2 Å². The largest absolute Gasteiger partial charge is 0.493 e. The van der Waals surface area contributed by atoms with E-state index in [1.165, 1.54) is 24.1 Å². The third kappa shape index (κ3) is 3.39. The van der Waals surface area contributed by atoms with Crippen LogP contribution in [0, 0.1) is 5.92 Å². The molecule has 1 aliphatic heterocycles. The van der Waals surface area contributed by atoms with Gasteiger partial charge in [0.1, 0.15) is 5.75 Å². The number of ether oxygens (including phenoxy) is 1. The Morgan fingerprint density at radius 3 is 2.82 bits per heavy atom. The van der Waals surface area contributed by atoms with Gasteiger partial charge in [-0.25, -0.2) is 0 Å². The van der Waals surface area contributed by atoms with Crippen molar-refractivity contribution in [2.45, 2.75) is 46.1 Å². The summed E-state index contributed by atoms with van der Waals surface area (Å²) in [5.41, 5.74) is 2.57. The van der Waals surface area contributed by atoms with Crippen LogP contribution in [0.3, 0.4) is 0 Å². The molecule has 2 nitrogen and oxygen atoms in total. The van der Waals surface area contributed by atoms with Crippen LogP contribution in [0.2, 0.25) is 0 Å². The molecule has 2 heteroatoms. The average molecular weight is 233 g/mol. The molecule has 1 aromatic rings. The number of nitrogens with one attached hydrogen (secondary N) is 1. The zero-order valence-corrected chi connectivity index (χ0v) is 11.1. The van der Waals surface area contributed by atoms with Crippen LogP contribution in [-0.4, -0.2) is 12.6 Å². The van der Waals surface area contributed by atoms with Gasteiger partial charge in [0.05, 0.1) is 6.61 Å². The van der Waals surface area contributed by atoms with Crippen LogP contribution in [0.4, 0.5) is 5.69 Å². The first kappa shape index (κ1) is 12.3. The number of fused-ring (bicyclic) bond motifs is 1. The summed E-state index contributed by atoms with van der Waals surface area (Å²) in [6.07, 6.45) is 3.55. The lowest BCUT2D eigenvalue weighted by Crippen LogP contribution is -2.15.